The van der Waals surface area contributed by atoms with Gasteiger partial charge in [-0.2, -0.15) is 4.98 Å². The summed E-state index contributed by atoms with van der Waals surface area (Å²) in [7, 11) is 1.95. The van der Waals surface area contributed by atoms with E-state index in [1.807, 2.05) is 7.05 Å². The highest BCUT2D eigenvalue weighted by atomic mass is 16.5. The van der Waals surface area contributed by atoms with Crippen LogP contribution in [0.25, 0.3) is 0 Å². The van der Waals surface area contributed by atoms with E-state index in [0.29, 0.717) is 18.0 Å². The zero-order valence-electron chi connectivity index (χ0n) is 13.2. The quantitative estimate of drug-likeness (QED) is 0.862. The van der Waals surface area contributed by atoms with Crippen molar-refractivity contribution in [3.63, 3.8) is 0 Å². The smallest absolute Gasteiger partial charge is 0.226 e. The van der Waals surface area contributed by atoms with Gasteiger partial charge < -0.3 is 14.7 Å². The second-order valence-corrected chi connectivity index (χ2v) is 6.28. The lowest BCUT2D eigenvalue weighted by molar-refractivity contribution is 0.145. The summed E-state index contributed by atoms with van der Waals surface area (Å²) in [6.07, 6.45) is 4.24. The molecular weight excluding hydrogens is 252 g/mol. The van der Waals surface area contributed by atoms with E-state index in [9.17, 15) is 0 Å². The third-order valence-electron chi connectivity index (χ3n) is 4.33. The number of hydrogen-bond donors (Lipinski definition) is 1. The highest BCUT2D eigenvalue weighted by Gasteiger charge is 2.23. The second kappa shape index (κ2) is 7.18. The van der Waals surface area contributed by atoms with Crippen molar-refractivity contribution < 1.29 is 4.52 Å². The zero-order valence-corrected chi connectivity index (χ0v) is 13.2. The fraction of sp³-hybridized carbons (Fsp3) is 0.867. The Bertz CT molecular complexity index is 396. The molecule has 0 radical (unpaired) electrons. The third-order valence-corrected chi connectivity index (χ3v) is 4.33. The molecule has 2 rings (SSSR count). The van der Waals surface area contributed by atoms with E-state index in [4.69, 9.17) is 4.52 Å². The van der Waals surface area contributed by atoms with Gasteiger partial charge in [0.1, 0.15) is 0 Å². The maximum absolute atomic E-state index is 5.38. The summed E-state index contributed by atoms with van der Waals surface area (Å²) in [6, 6.07) is 1.05. The fourth-order valence-electron chi connectivity index (χ4n) is 2.75. The normalized spacial score (nSPS) is 19.6. The molecule has 1 aromatic rings. The molecule has 0 aliphatic carbocycles. The Hall–Kier alpha value is -0.940. The Balaban J connectivity index is 1.80. The molecule has 1 N–H and O–H groups in total. The van der Waals surface area contributed by atoms with Gasteiger partial charge in [-0.25, -0.2) is 0 Å². The molecule has 1 fully saturated rings. The Kier molecular flexibility index (Phi) is 5.54. The predicted octanol–water partition coefficient (Wildman–Crippen LogP) is 1.88. The van der Waals surface area contributed by atoms with Gasteiger partial charge in [0.15, 0.2) is 5.82 Å². The Labute approximate surface area is 122 Å². The van der Waals surface area contributed by atoms with E-state index < -0.39 is 0 Å². The van der Waals surface area contributed by atoms with Crippen LogP contribution in [-0.2, 0) is 12.8 Å². The van der Waals surface area contributed by atoms with Crippen molar-refractivity contribution in [2.75, 3.05) is 20.1 Å². The number of likely N-dealkylation sites (tertiary alicyclic amines) is 1. The summed E-state index contributed by atoms with van der Waals surface area (Å²) in [5, 5.41) is 7.27. The van der Waals surface area contributed by atoms with Gasteiger partial charge in [-0.1, -0.05) is 5.16 Å². The summed E-state index contributed by atoms with van der Waals surface area (Å²) in [6.45, 7) is 9.05. The van der Waals surface area contributed by atoms with Crippen LogP contribution < -0.4 is 5.32 Å². The van der Waals surface area contributed by atoms with Crippen LogP contribution in [0.1, 0.15) is 45.3 Å². The van der Waals surface area contributed by atoms with E-state index in [0.717, 1.165) is 24.6 Å². The van der Waals surface area contributed by atoms with Crippen LogP contribution in [-0.4, -0.2) is 47.3 Å². The maximum Gasteiger partial charge on any atom is 0.226 e. The Morgan fingerprint density at radius 3 is 2.60 bits per heavy atom. The first kappa shape index (κ1) is 15.4. The SMILES string of the molecule is CNC(C)Cc1noc(CC2CCN(C(C)C)CC2)n1. The molecule has 1 aliphatic rings. The molecule has 1 aromatic heterocycles. The number of aromatic nitrogens is 2. The lowest BCUT2D eigenvalue weighted by Gasteiger charge is -2.34. The lowest BCUT2D eigenvalue weighted by Crippen LogP contribution is -2.38. The van der Waals surface area contributed by atoms with Crippen LogP contribution in [0.2, 0.25) is 0 Å². The van der Waals surface area contributed by atoms with Crippen molar-refractivity contribution >= 4 is 0 Å². The Morgan fingerprint density at radius 2 is 2.00 bits per heavy atom. The lowest BCUT2D eigenvalue weighted by atomic mass is 9.93. The van der Waals surface area contributed by atoms with Gasteiger partial charge >= 0.3 is 0 Å². The van der Waals surface area contributed by atoms with Crippen molar-refractivity contribution in [2.45, 2.75) is 58.5 Å². The van der Waals surface area contributed by atoms with Gasteiger partial charge in [-0.05, 0) is 59.7 Å². The van der Waals surface area contributed by atoms with Crippen LogP contribution >= 0.6 is 0 Å². The highest BCUT2D eigenvalue weighted by molar-refractivity contribution is 4.91. The molecule has 0 spiro atoms. The molecule has 20 heavy (non-hydrogen) atoms. The molecule has 5 heteroatoms. The third kappa shape index (κ3) is 4.28. The minimum Gasteiger partial charge on any atom is -0.339 e. The first-order valence-electron chi connectivity index (χ1n) is 7.81. The molecule has 5 nitrogen and oxygen atoms in total. The monoisotopic (exact) mass is 280 g/mol. The summed E-state index contributed by atoms with van der Waals surface area (Å²) in [5.74, 6) is 2.33. The van der Waals surface area contributed by atoms with E-state index in [1.165, 1.54) is 25.9 Å². The van der Waals surface area contributed by atoms with Crippen LogP contribution in [0.3, 0.4) is 0 Å². The minimum atomic E-state index is 0.384. The summed E-state index contributed by atoms with van der Waals surface area (Å²) in [5.41, 5.74) is 0. The largest absolute Gasteiger partial charge is 0.339 e. The van der Waals surface area contributed by atoms with Gasteiger partial charge in [0.25, 0.3) is 0 Å². The summed E-state index contributed by atoms with van der Waals surface area (Å²) < 4.78 is 5.38. The van der Waals surface area contributed by atoms with Gasteiger partial charge in [0, 0.05) is 24.9 Å². The molecule has 0 saturated carbocycles. The van der Waals surface area contributed by atoms with Gasteiger partial charge in [-0.15, -0.1) is 0 Å². The molecule has 0 aromatic carbocycles. The zero-order chi connectivity index (χ0) is 14.5. The number of piperidine rings is 1. The van der Waals surface area contributed by atoms with Crippen molar-refractivity contribution in [2.24, 2.45) is 5.92 Å². The maximum atomic E-state index is 5.38. The van der Waals surface area contributed by atoms with Gasteiger partial charge in [-0.3, -0.25) is 0 Å². The van der Waals surface area contributed by atoms with Gasteiger partial charge in [0.05, 0.1) is 0 Å². The van der Waals surface area contributed by atoms with Crippen molar-refractivity contribution in [3.05, 3.63) is 11.7 Å². The van der Waals surface area contributed by atoms with Crippen LogP contribution in [0.4, 0.5) is 0 Å². The molecule has 1 unspecified atom stereocenters. The second-order valence-electron chi connectivity index (χ2n) is 6.28. The Morgan fingerprint density at radius 1 is 1.30 bits per heavy atom. The van der Waals surface area contributed by atoms with E-state index in [1.54, 1.807) is 0 Å². The van der Waals surface area contributed by atoms with E-state index in [2.05, 4.69) is 41.1 Å². The fourth-order valence-corrected chi connectivity index (χ4v) is 2.75. The molecule has 1 atom stereocenters. The van der Waals surface area contributed by atoms with Crippen LogP contribution in [0.5, 0.6) is 0 Å². The number of nitrogens with one attached hydrogen (secondary N) is 1. The standard InChI is InChI=1S/C15H28N4O/c1-11(2)19-7-5-13(6-8-19)10-15-17-14(18-20-15)9-12(3)16-4/h11-13,16H,5-10H2,1-4H3. The topological polar surface area (TPSA) is 54.2 Å². The van der Waals surface area contributed by atoms with Crippen molar-refractivity contribution in [1.82, 2.24) is 20.4 Å². The first-order chi connectivity index (χ1) is 9.58. The van der Waals surface area contributed by atoms with E-state index >= 15 is 0 Å². The van der Waals surface area contributed by atoms with Crippen molar-refractivity contribution in [3.8, 4) is 0 Å². The summed E-state index contributed by atoms with van der Waals surface area (Å²) in [4.78, 5) is 7.06. The first-order valence-corrected chi connectivity index (χ1v) is 7.81. The van der Waals surface area contributed by atoms with E-state index in [-0.39, 0.29) is 0 Å². The molecule has 0 bridgehead atoms. The molecule has 1 aliphatic heterocycles. The average Bonchev–Trinajstić information content (AvgIpc) is 2.86. The predicted molar refractivity (Wildman–Crippen MR) is 79.7 cm³/mol. The molecular formula is C15H28N4O. The number of rotatable bonds is 6. The van der Waals surface area contributed by atoms with Gasteiger partial charge in [0.2, 0.25) is 5.89 Å². The van der Waals surface area contributed by atoms with Crippen LogP contribution in [0.15, 0.2) is 4.52 Å². The van der Waals surface area contributed by atoms with Crippen molar-refractivity contribution in [1.29, 1.82) is 0 Å². The minimum absolute atomic E-state index is 0.384. The summed E-state index contributed by atoms with van der Waals surface area (Å²) >= 11 is 0. The average molecular weight is 280 g/mol. The number of likely N-dealkylation sites (N-methyl/N-ethyl adjacent to an activating group) is 1. The molecule has 2 heterocycles. The highest BCUT2D eigenvalue weighted by Crippen LogP contribution is 2.22. The molecule has 0 amide bonds. The number of hydrogen-bond acceptors (Lipinski definition) is 5. The number of nitrogens with zero attached hydrogens (tertiary/aromatic N) is 3. The van der Waals surface area contributed by atoms with Crippen LogP contribution in [0, 0.1) is 5.92 Å². The molecule has 1 saturated heterocycles. The molecule has 114 valence electrons.